The number of aromatic carboxylic acids is 1. The van der Waals surface area contributed by atoms with E-state index in [1.54, 1.807) is 12.1 Å². The summed E-state index contributed by atoms with van der Waals surface area (Å²) in [6.07, 6.45) is 4.84. The molecule has 0 radical (unpaired) electrons. The molecule has 2 atom stereocenters. The predicted octanol–water partition coefficient (Wildman–Crippen LogP) is 5.07. The molecule has 0 heterocycles. The highest BCUT2D eigenvalue weighted by molar-refractivity contribution is 5.87. The first kappa shape index (κ1) is 22.6. The Bertz CT molecular complexity index is 785. The molecule has 156 valence electrons. The molecule has 0 amide bonds. The molecule has 0 aliphatic heterocycles. The Labute approximate surface area is 172 Å². The molecule has 29 heavy (non-hydrogen) atoms. The van der Waals surface area contributed by atoms with Crippen molar-refractivity contribution in [1.82, 2.24) is 0 Å². The average Bonchev–Trinajstić information content (AvgIpc) is 2.73. The van der Waals surface area contributed by atoms with E-state index in [1.165, 1.54) is 12.1 Å². The predicted molar refractivity (Wildman–Crippen MR) is 112 cm³/mol. The minimum Gasteiger partial charge on any atom is -0.481 e. The van der Waals surface area contributed by atoms with Gasteiger partial charge in [0.15, 0.2) is 0 Å². The molecule has 5 nitrogen and oxygen atoms in total. The van der Waals surface area contributed by atoms with Gasteiger partial charge in [0.05, 0.1) is 5.56 Å². The lowest BCUT2D eigenvalue weighted by molar-refractivity contribution is -0.137. The number of carbonyl (C=O) groups is 2. The number of aliphatic carboxylic acids is 1. The second kappa shape index (κ2) is 10.8. The second-order valence-electron chi connectivity index (χ2n) is 7.49. The maximum absolute atomic E-state index is 12.0. The maximum Gasteiger partial charge on any atom is 0.335 e. The lowest BCUT2D eigenvalue weighted by atomic mass is 9.72. The minimum atomic E-state index is -1.27. The van der Waals surface area contributed by atoms with Crippen LogP contribution >= 0.6 is 0 Å². The summed E-state index contributed by atoms with van der Waals surface area (Å²) in [4.78, 5) is 22.1. The Morgan fingerprint density at radius 2 is 1.45 bits per heavy atom. The van der Waals surface area contributed by atoms with Crippen LogP contribution < -0.4 is 0 Å². The summed E-state index contributed by atoms with van der Waals surface area (Å²) in [7, 11) is 0. The minimum absolute atomic E-state index is 0.102. The lowest BCUT2D eigenvalue weighted by Gasteiger charge is -2.38. The third-order valence-electron chi connectivity index (χ3n) is 5.48. The van der Waals surface area contributed by atoms with Crippen LogP contribution in [-0.4, -0.2) is 27.3 Å². The standard InChI is InChI=1S/C24H30O5/c1-2-3-9-19(12-7-8-13-22(25)26)24(29,20-10-5-4-6-11-20)21-16-14-18(15-17-21)23(27)28/h4-6,10-11,14-17,19,29H,2-3,7-9,12-13H2,1H3,(H,25,26)(H,27,28). The summed E-state index contributed by atoms with van der Waals surface area (Å²) >= 11 is 0. The van der Waals surface area contributed by atoms with Crippen molar-refractivity contribution in [2.75, 3.05) is 0 Å². The van der Waals surface area contributed by atoms with E-state index in [4.69, 9.17) is 5.11 Å². The third-order valence-corrected chi connectivity index (χ3v) is 5.48. The first-order chi connectivity index (χ1) is 13.9. The molecule has 0 fully saturated rings. The third kappa shape index (κ3) is 5.91. The van der Waals surface area contributed by atoms with E-state index >= 15 is 0 Å². The Hall–Kier alpha value is -2.66. The summed E-state index contributed by atoms with van der Waals surface area (Å²) in [5, 5.41) is 30.1. The number of benzene rings is 2. The van der Waals surface area contributed by atoms with Crippen LogP contribution in [0.2, 0.25) is 0 Å². The Morgan fingerprint density at radius 3 is 2.00 bits per heavy atom. The molecule has 0 saturated carbocycles. The number of rotatable bonds is 12. The van der Waals surface area contributed by atoms with Gasteiger partial charge < -0.3 is 15.3 Å². The van der Waals surface area contributed by atoms with Gasteiger partial charge in [-0.15, -0.1) is 0 Å². The van der Waals surface area contributed by atoms with Gasteiger partial charge in [-0.25, -0.2) is 4.79 Å². The molecule has 0 aliphatic rings. The van der Waals surface area contributed by atoms with E-state index in [9.17, 15) is 19.8 Å². The van der Waals surface area contributed by atoms with Gasteiger partial charge in [0.25, 0.3) is 0 Å². The normalized spacial score (nSPS) is 14.1. The van der Waals surface area contributed by atoms with Gasteiger partial charge in [-0.3, -0.25) is 4.79 Å². The van der Waals surface area contributed by atoms with Gasteiger partial charge in [0, 0.05) is 6.42 Å². The number of carboxylic acids is 2. The van der Waals surface area contributed by atoms with E-state index in [0.717, 1.165) is 24.8 Å². The number of hydrogen-bond donors (Lipinski definition) is 3. The van der Waals surface area contributed by atoms with Gasteiger partial charge in [-0.1, -0.05) is 68.7 Å². The Morgan fingerprint density at radius 1 is 0.862 bits per heavy atom. The van der Waals surface area contributed by atoms with Crippen LogP contribution in [0.3, 0.4) is 0 Å². The maximum atomic E-state index is 12.0. The van der Waals surface area contributed by atoms with Crippen LogP contribution in [0.25, 0.3) is 0 Å². The highest BCUT2D eigenvalue weighted by Crippen LogP contribution is 2.42. The molecule has 2 aromatic carbocycles. The summed E-state index contributed by atoms with van der Waals surface area (Å²) in [5.74, 6) is -1.91. The van der Waals surface area contributed by atoms with Crippen molar-refractivity contribution in [3.8, 4) is 0 Å². The van der Waals surface area contributed by atoms with E-state index in [2.05, 4.69) is 6.92 Å². The van der Waals surface area contributed by atoms with E-state index < -0.39 is 17.5 Å². The topological polar surface area (TPSA) is 94.8 Å². The van der Waals surface area contributed by atoms with Crippen molar-refractivity contribution >= 4 is 11.9 Å². The van der Waals surface area contributed by atoms with Crippen molar-refractivity contribution in [2.24, 2.45) is 5.92 Å². The number of hydrogen-bond acceptors (Lipinski definition) is 3. The molecule has 2 aromatic rings. The van der Waals surface area contributed by atoms with E-state index in [0.29, 0.717) is 24.8 Å². The van der Waals surface area contributed by atoms with Crippen molar-refractivity contribution in [1.29, 1.82) is 0 Å². The molecule has 2 unspecified atom stereocenters. The number of unbranched alkanes of at least 4 members (excludes halogenated alkanes) is 2. The quantitative estimate of drug-likeness (QED) is 0.434. The van der Waals surface area contributed by atoms with Crippen LogP contribution in [0, 0.1) is 5.92 Å². The molecular weight excluding hydrogens is 368 g/mol. The Kier molecular flexibility index (Phi) is 8.40. The lowest BCUT2D eigenvalue weighted by Crippen LogP contribution is -2.36. The van der Waals surface area contributed by atoms with Crippen LogP contribution in [-0.2, 0) is 10.4 Å². The monoisotopic (exact) mass is 398 g/mol. The molecular formula is C24H30O5. The van der Waals surface area contributed by atoms with Crippen LogP contribution in [0.4, 0.5) is 0 Å². The van der Waals surface area contributed by atoms with Crippen LogP contribution in [0.5, 0.6) is 0 Å². The fraction of sp³-hybridized carbons (Fsp3) is 0.417. The fourth-order valence-corrected chi connectivity index (χ4v) is 3.88. The van der Waals surface area contributed by atoms with E-state index in [-0.39, 0.29) is 17.9 Å². The average molecular weight is 398 g/mol. The van der Waals surface area contributed by atoms with Gasteiger partial charge in [-0.05, 0) is 48.4 Å². The zero-order chi connectivity index (χ0) is 21.3. The van der Waals surface area contributed by atoms with E-state index in [1.807, 2.05) is 30.3 Å². The smallest absolute Gasteiger partial charge is 0.335 e. The fourth-order valence-electron chi connectivity index (χ4n) is 3.88. The summed E-state index contributed by atoms with van der Waals surface area (Å²) < 4.78 is 0. The summed E-state index contributed by atoms with van der Waals surface area (Å²) in [6.45, 7) is 2.10. The molecule has 0 aromatic heterocycles. The number of aliphatic hydroxyl groups is 1. The van der Waals surface area contributed by atoms with Gasteiger partial charge in [-0.2, -0.15) is 0 Å². The van der Waals surface area contributed by atoms with Crippen LogP contribution in [0.1, 0.15) is 73.4 Å². The molecule has 3 N–H and O–H groups in total. The van der Waals surface area contributed by atoms with Crippen molar-refractivity contribution < 1.29 is 24.9 Å². The van der Waals surface area contributed by atoms with Gasteiger partial charge >= 0.3 is 11.9 Å². The highest BCUT2D eigenvalue weighted by atomic mass is 16.4. The Balaban J connectivity index is 2.41. The second-order valence-corrected chi connectivity index (χ2v) is 7.49. The first-order valence-corrected chi connectivity index (χ1v) is 10.2. The van der Waals surface area contributed by atoms with Gasteiger partial charge in [0.1, 0.15) is 5.60 Å². The molecule has 2 rings (SSSR count). The largest absolute Gasteiger partial charge is 0.481 e. The number of carboxylic acid groups (broad SMARTS) is 2. The molecule has 0 saturated heterocycles. The molecule has 0 aliphatic carbocycles. The first-order valence-electron chi connectivity index (χ1n) is 10.2. The summed E-state index contributed by atoms with van der Waals surface area (Å²) in [6, 6.07) is 15.9. The van der Waals surface area contributed by atoms with Crippen molar-refractivity contribution in [2.45, 2.75) is 57.5 Å². The van der Waals surface area contributed by atoms with Crippen molar-refractivity contribution in [3.63, 3.8) is 0 Å². The van der Waals surface area contributed by atoms with Gasteiger partial charge in [0.2, 0.25) is 0 Å². The zero-order valence-corrected chi connectivity index (χ0v) is 16.9. The molecule has 5 heteroatoms. The highest BCUT2D eigenvalue weighted by Gasteiger charge is 2.39. The SMILES string of the molecule is CCCCC(CCCCC(=O)O)C(O)(c1ccccc1)c1ccc(C(=O)O)cc1. The van der Waals surface area contributed by atoms with Crippen LogP contribution in [0.15, 0.2) is 54.6 Å². The van der Waals surface area contributed by atoms with Crippen molar-refractivity contribution in [3.05, 3.63) is 71.3 Å². The summed E-state index contributed by atoms with van der Waals surface area (Å²) in [5.41, 5.74) is 0.336. The molecule has 0 spiro atoms. The molecule has 0 bridgehead atoms. The zero-order valence-electron chi connectivity index (χ0n) is 16.9.